The second-order valence-corrected chi connectivity index (χ2v) is 7.62. The Morgan fingerprint density at radius 2 is 1.72 bits per heavy atom. The number of aromatic nitrogens is 2. The topological polar surface area (TPSA) is 75.6 Å². The SMILES string of the molecule is CC(=O)c1ccc(OCC(=O)N2CCN(c3cc(C)nc(C(C)C)n3)CC2)cc1. The van der Waals surface area contributed by atoms with E-state index in [1.807, 2.05) is 17.9 Å². The van der Waals surface area contributed by atoms with E-state index in [2.05, 4.69) is 28.7 Å². The van der Waals surface area contributed by atoms with E-state index in [0.29, 0.717) is 24.4 Å². The highest BCUT2D eigenvalue weighted by molar-refractivity contribution is 5.94. The van der Waals surface area contributed by atoms with Crippen LogP contribution in [0.25, 0.3) is 0 Å². The average molecular weight is 396 g/mol. The lowest BCUT2D eigenvalue weighted by atomic mass is 10.1. The molecule has 1 saturated heterocycles. The van der Waals surface area contributed by atoms with Gasteiger partial charge >= 0.3 is 0 Å². The van der Waals surface area contributed by atoms with Gasteiger partial charge < -0.3 is 14.5 Å². The number of hydrogen-bond donors (Lipinski definition) is 0. The van der Waals surface area contributed by atoms with Crippen LogP contribution in [-0.2, 0) is 4.79 Å². The number of carbonyl (C=O) groups is 2. The van der Waals surface area contributed by atoms with E-state index >= 15 is 0 Å². The fourth-order valence-electron chi connectivity index (χ4n) is 3.20. The van der Waals surface area contributed by atoms with Crippen LogP contribution in [0.2, 0.25) is 0 Å². The maximum absolute atomic E-state index is 12.5. The minimum absolute atomic E-state index is 0.00453. The van der Waals surface area contributed by atoms with Gasteiger partial charge in [-0.1, -0.05) is 13.8 Å². The second-order valence-electron chi connectivity index (χ2n) is 7.62. The molecule has 154 valence electrons. The van der Waals surface area contributed by atoms with Crippen molar-refractivity contribution >= 4 is 17.5 Å². The largest absolute Gasteiger partial charge is 0.484 e. The smallest absolute Gasteiger partial charge is 0.260 e. The van der Waals surface area contributed by atoms with Crippen LogP contribution in [0.15, 0.2) is 30.3 Å². The molecule has 1 aliphatic rings. The van der Waals surface area contributed by atoms with Crippen molar-refractivity contribution in [2.75, 3.05) is 37.7 Å². The summed E-state index contributed by atoms with van der Waals surface area (Å²) in [5.74, 6) is 2.60. The van der Waals surface area contributed by atoms with E-state index in [1.165, 1.54) is 6.92 Å². The number of carbonyl (C=O) groups excluding carboxylic acids is 2. The van der Waals surface area contributed by atoms with E-state index in [1.54, 1.807) is 24.3 Å². The number of ketones is 1. The van der Waals surface area contributed by atoms with Crippen molar-refractivity contribution in [3.8, 4) is 5.75 Å². The molecule has 7 heteroatoms. The molecule has 0 unspecified atom stereocenters. The van der Waals surface area contributed by atoms with E-state index in [9.17, 15) is 9.59 Å². The van der Waals surface area contributed by atoms with Crippen molar-refractivity contribution in [1.29, 1.82) is 0 Å². The molecule has 1 aliphatic heterocycles. The van der Waals surface area contributed by atoms with Gasteiger partial charge in [-0.15, -0.1) is 0 Å². The van der Waals surface area contributed by atoms with E-state index in [4.69, 9.17) is 4.74 Å². The number of aryl methyl sites for hydroxylation is 1. The number of Topliss-reactive ketones (excluding diaryl/α,β-unsaturated/α-hetero) is 1. The van der Waals surface area contributed by atoms with Gasteiger partial charge in [-0.25, -0.2) is 9.97 Å². The van der Waals surface area contributed by atoms with Gasteiger partial charge in [-0.2, -0.15) is 0 Å². The molecule has 0 aliphatic carbocycles. The van der Waals surface area contributed by atoms with Gasteiger partial charge in [0.25, 0.3) is 5.91 Å². The summed E-state index contributed by atoms with van der Waals surface area (Å²) >= 11 is 0. The molecule has 1 fully saturated rings. The highest BCUT2D eigenvalue weighted by atomic mass is 16.5. The minimum Gasteiger partial charge on any atom is -0.484 e. The van der Waals surface area contributed by atoms with Crippen molar-refractivity contribution in [1.82, 2.24) is 14.9 Å². The number of benzene rings is 1. The molecule has 1 aromatic carbocycles. The molecule has 0 N–H and O–H groups in total. The van der Waals surface area contributed by atoms with Crippen LogP contribution in [0.5, 0.6) is 5.75 Å². The van der Waals surface area contributed by atoms with E-state index < -0.39 is 0 Å². The molecule has 2 aromatic rings. The van der Waals surface area contributed by atoms with Gasteiger partial charge in [0.2, 0.25) is 0 Å². The molecule has 0 spiro atoms. The lowest BCUT2D eigenvalue weighted by molar-refractivity contribution is -0.133. The summed E-state index contributed by atoms with van der Waals surface area (Å²) in [4.78, 5) is 37.0. The molecule has 29 heavy (non-hydrogen) atoms. The van der Waals surface area contributed by atoms with E-state index in [-0.39, 0.29) is 24.2 Å². The van der Waals surface area contributed by atoms with Gasteiger partial charge in [-0.05, 0) is 38.1 Å². The Hall–Kier alpha value is -2.96. The Bertz CT molecular complexity index is 872. The Labute approximate surface area is 171 Å². The number of rotatable bonds is 6. The third-order valence-electron chi connectivity index (χ3n) is 4.95. The summed E-state index contributed by atoms with van der Waals surface area (Å²) in [5.41, 5.74) is 1.58. The molecular weight excluding hydrogens is 368 g/mol. The highest BCUT2D eigenvalue weighted by Gasteiger charge is 2.23. The third-order valence-corrected chi connectivity index (χ3v) is 4.95. The number of ether oxygens (including phenoxy) is 1. The number of anilines is 1. The maximum Gasteiger partial charge on any atom is 0.260 e. The summed E-state index contributed by atoms with van der Waals surface area (Å²) in [6, 6.07) is 8.83. The average Bonchev–Trinajstić information content (AvgIpc) is 2.72. The zero-order valence-electron chi connectivity index (χ0n) is 17.5. The van der Waals surface area contributed by atoms with Crippen molar-refractivity contribution in [2.45, 2.75) is 33.6 Å². The molecule has 7 nitrogen and oxygen atoms in total. The number of piperazine rings is 1. The van der Waals surface area contributed by atoms with Gasteiger partial charge in [0, 0.05) is 49.4 Å². The fourth-order valence-corrected chi connectivity index (χ4v) is 3.20. The summed E-state index contributed by atoms with van der Waals surface area (Å²) in [6.45, 7) is 10.4. The maximum atomic E-state index is 12.5. The Kier molecular flexibility index (Phi) is 6.46. The summed E-state index contributed by atoms with van der Waals surface area (Å²) < 4.78 is 5.59. The molecule has 1 aromatic heterocycles. The second kappa shape index (κ2) is 9.03. The molecule has 0 saturated carbocycles. The predicted molar refractivity (Wildman–Crippen MR) is 112 cm³/mol. The van der Waals surface area contributed by atoms with Crippen molar-refractivity contribution in [3.05, 3.63) is 47.4 Å². The van der Waals surface area contributed by atoms with Gasteiger partial charge in [0.15, 0.2) is 12.4 Å². The first kappa shape index (κ1) is 20.8. The fraction of sp³-hybridized carbons (Fsp3) is 0.455. The standard InChI is InChI=1S/C22H28N4O3/c1-15(2)22-23-16(3)13-20(24-22)25-9-11-26(12-10-25)21(28)14-29-19-7-5-18(6-8-19)17(4)27/h5-8,13,15H,9-12,14H2,1-4H3. The zero-order chi connectivity index (χ0) is 21.0. The van der Waals surface area contributed by atoms with Crippen molar-refractivity contribution in [3.63, 3.8) is 0 Å². The molecular formula is C22H28N4O3. The molecule has 0 atom stereocenters. The van der Waals surface area contributed by atoms with Gasteiger partial charge in [0.05, 0.1) is 0 Å². The van der Waals surface area contributed by atoms with Gasteiger partial charge in [-0.3, -0.25) is 9.59 Å². The lowest BCUT2D eigenvalue weighted by Crippen LogP contribution is -2.50. The molecule has 2 heterocycles. The minimum atomic E-state index is -0.0398. The quantitative estimate of drug-likeness (QED) is 0.699. The third kappa shape index (κ3) is 5.31. The number of amides is 1. The van der Waals surface area contributed by atoms with Crippen LogP contribution in [0.4, 0.5) is 5.82 Å². The van der Waals surface area contributed by atoms with Crippen LogP contribution >= 0.6 is 0 Å². The van der Waals surface area contributed by atoms with Crippen LogP contribution in [0, 0.1) is 6.92 Å². The number of nitrogens with zero attached hydrogens (tertiary/aromatic N) is 4. The Morgan fingerprint density at radius 3 is 2.31 bits per heavy atom. The molecule has 0 bridgehead atoms. The monoisotopic (exact) mass is 396 g/mol. The number of hydrogen-bond acceptors (Lipinski definition) is 6. The first-order valence-electron chi connectivity index (χ1n) is 9.95. The summed E-state index contributed by atoms with van der Waals surface area (Å²) in [6.07, 6.45) is 0. The van der Waals surface area contributed by atoms with Crippen molar-refractivity contribution < 1.29 is 14.3 Å². The molecule has 1 amide bonds. The van der Waals surface area contributed by atoms with Crippen LogP contribution in [-0.4, -0.2) is 59.3 Å². The van der Waals surface area contributed by atoms with Gasteiger partial charge in [0.1, 0.15) is 17.4 Å². The Morgan fingerprint density at radius 1 is 1.07 bits per heavy atom. The van der Waals surface area contributed by atoms with Crippen molar-refractivity contribution in [2.24, 2.45) is 0 Å². The molecule has 3 rings (SSSR count). The normalized spacial score (nSPS) is 14.2. The Balaban J connectivity index is 1.52. The summed E-state index contributed by atoms with van der Waals surface area (Å²) in [5, 5.41) is 0. The molecule has 0 radical (unpaired) electrons. The lowest BCUT2D eigenvalue weighted by Gasteiger charge is -2.35. The highest BCUT2D eigenvalue weighted by Crippen LogP contribution is 2.19. The van der Waals surface area contributed by atoms with Crippen LogP contribution in [0.1, 0.15) is 48.6 Å². The van der Waals surface area contributed by atoms with E-state index in [0.717, 1.165) is 30.4 Å². The zero-order valence-corrected chi connectivity index (χ0v) is 17.5. The van der Waals surface area contributed by atoms with Crippen LogP contribution in [0.3, 0.4) is 0 Å². The first-order chi connectivity index (χ1) is 13.8. The van der Waals surface area contributed by atoms with Crippen LogP contribution < -0.4 is 9.64 Å². The summed E-state index contributed by atoms with van der Waals surface area (Å²) in [7, 11) is 0. The first-order valence-corrected chi connectivity index (χ1v) is 9.95. The predicted octanol–water partition coefficient (Wildman–Crippen LogP) is 2.84.